The Balaban J connectivity index is 1.57. The van der Waals surface area contributed by atoms with Gasteiger partial charge in [0.25, 0.3) is 11.1 Å². The van der Waals surface area contributed by atoms with Crippen LogP contribution >= 0.6 is 23.4 Å². The summed E-state index contributed by atoms with van der Waals surface area (Å²) in [5.74, 6) is 1.84. The molecule has 0 saturated carbocycles. The Morgan fingerprint density at radius 2 is 1.91 bits per heavy atom. The van der Waals surface area contributed by atoms with Crippen molar-refractivity contribution in [3.63, 3.8) is 0 Å². The highest BCUT2D eigenvalue weighted by Gasteiger charge is 2.17. The highest BCUT2D eigenvalue weighted by atomic mass is 35.5. The molecule has 10 heteroatoms. The zero-order valence-electron chi connectivity index (χ0n) is 18.1. The second kappa shape index (κ2) is 8.64. The summed E-state index contributed by atoms with van der Waals surface area (Å²) < 4.78 is 3.59. The topological polar surface area (TPSA) is 97.9 Å². The summed E-state index contributed by atoms with van der Waals surface area (Å²) >= 11 is 7.46. The Labute approximate surface area is 197 Å². The number of aryl methyl sites for hydroxylation is 1. The average molecular weight is 481 g/mol. The van der Waals surface area contributed by atoms with Gasteiger partial charge in [0, 0.05) is 11.6 Å². The number of benzene rings is 2. The lowest BCUT2D eigenvalue weighted by atomic mass is 10.1. The molecule has 3 heterocycles. The van der Waals surface area contributed by atoms with E-state index in [0.29, 0.717) is 56.3 Å². The van der Waals surface area contributed by atoms with Crippen molar-refractivity contribution in [1.29, 1.82) is 0 Å². The molecule has 0 saturated heterocycles. The number of H-pyrrole nitrogens is 1. The molecule has 0 aliphatic rings. The minimum Gasteiger partial charge on any atom is -0.309 e. The van der Waals surface area contributed by atoms with Crippen molar-refractivity contribution in [2.45, 2.75) is 37.7 Å². The van der Waals surface area contributed by atoms with Gasteiger partial charge < -0.3 is 4.98 Å². The van der Waals surface area contributed by atoms with E-state index in [1.165, 1.54) is 11.8 Å². The predicted molar refractivity (Wildman–Crippen MR) is 131 cm³/mol. The minimum absolute atomic E-state index is 0.0693. The molecule has 0 unspecified atom stereocenters. The Hall–Kier alpha value is -3.17. The SMILES string of the molecule is CC(C)CCn1c(=O)c2ccccc2n2c(SCc3nc4cc(Cl)ccc4c(=O)[nH]3)nnc12. The van der Waals surface area contributed by atoms with Crippen molar-refractivity contribution >= 4 is 50.9 Å². The monoisotopic (exact) mass is 480 g/mol. The summed E-state index contributed by atoms with van der Waals surface area (Å²) in [5.41, 5.74) is 1.00. The molecular formula is C23H21ClN6O2S. The van der Waals surface area contributed by atoms with Crippen molar-refractivity contribution in [2.24, 2.45) is 5.92 Å². The summed E-state index contributed by atoms with van der Waals surface area (Å²) in [6.07, 6.45) is 0.855. The van der Waals surface area contributed by atoms with E-state index >= 15 is 0 Å². The number of aromatic amines is 1. The number of hydrogen-bond acceptors (Lipinski definition) is 6. The fourth-order valence-electron chi connectivity index (χ4n) is 3.78. The molecule has 1 N–H and O–H groups in total. The first-order valence-corrected chi connectivity index (χ1v) is 12.0. The van der Waals surface area contributed by atoms with E-state index in [0.717, 1.165) is 11.9 Å². The van der Waals surface area contributed by atoms with Gasteiger partial charge in [-0.05, 0) is 42.7 Å². The first-order valence-electron chi connectivity index (χ1n) is 10.6. The number of rotatable bonds is 6. The zero-order chi connectivity index (χ0) is 23.1. The van der Waals surface area contributed by atoms with Gasteiger partial charge in [-0.25, -0.2) is 4.98 Å². The first kappa shape index (κ1) is 21.7. The number of thioether (sulfide) groups is 1. The van der Waals surface area contributed by atoms with E-state index in [-0.39, 0.29) is 11.1 Å². The Morgan fingerprint density at radius 3 is 2.73 bits per heavy atom. The molecule has 5 rings (SSSR count). The van der Waals surface area contributed by atoms with Crippen LogP contribution in [0.5, 0.6) is 0 Å². The number of fused-ring (bicyclic) bond motifs is 4. The van der Waals surface area contributed by atoms with Gasteiger partial charge >= 0.3 is 0 Å². The van der Waals surface area contributed by atoms with Crippen LogP contribution in [0, 0.1) is 5.92 Å². The predicted octanol–water partition coefficient (Wildman–Crippen LogP) is 4.27. The lowest BCUT2D eigenvalue weighted by Gasteiger charge is -2.12. The van der Waals surface area contributed by atoms with Gasteiger partial charge in [-0.1, -0.05) is 49.3 Å². The molecule has 0 amide bonds. The summed E-state index contributed by atoms with van der Waals surface area (Å²) in [6.45, 7) is 4.81. The fourth-order valence-corrected chi connectivity index (χ4v) is 4.75. The lowest BCUT2D eigenvalue weighted by molar-refractivity contribution is 0.512. The molecule has 0 radical (unpaired) electrons. The number of hydrogen-bond donors (Lipinski definition) is 1. The standard InChI is InChI=1S/C23H21ClN6O2S/c1-13(2)9-10-29-21(32)16-5-3-4-6-18(16)30-22(29)27-28-23(30)33-12-19-25-17-11-14(24)7-8-15(17)20(31)26-19/h3-8,11,13H,9-10,12H2,1-2H3,(H,25,26,31). The van der Waals surface area contributed by atoms with Gasteiger partial charge in [-0.2, -0.15) is 0 Å². The van der Waals surface area contributed by atoms with Crippen molar-refractivity contribution in [2.75, 3.05) is 0 Å². The van der Waals surface area contributed by atoms with Gasteiger partial charge in [0.15, 0.2) is 5.16 Å². The van der Waals surface area contributed by atoms with Crippen LogP contribution in [0.2, 0.25) is 5.02 Å². The largest absolute Gasteiger partial charge is 0.309 e. The first-order chi connectivity index (χ1) is 15.9. The average Bonchev–Trinajstić information content (AvgIpc) is 3.21. The minimum atomic E-state index is -0.216. The van der Waals surface area contributed by atoms with Gasteiger partial charge in [0.05, 0.1) is 27.6 Å². The second-order valence-electron chi connectivity index (χ2n) is 8.24. The number of para-hydroxylation sites is 1. The number of halogens is 1. The van der Waals surface area contributed by atoms with Crippen LogP contribution in [-0.2, 0) is 12.3 Å². The maximum atomic E-state index is 13.1. The smallest absolute Gasteiger partial charge is 0.262 e. The molecular weight excluding hydrogens is 460 g/mol. The third-order valence-electron chi connectivity index (χ3n) is 5.46. The molecule has 8 nitrogen and oxygen atoms in total. The molecule has 0 aliphatic heterocycles. The van der Waals surface area contributed by atoms with Gasteiger partial charge in [-0.3, -0.25) is 18.6 Å². The summed E-state index contributed by atoms with van der Waals surface area (Å²) in [6, 6.07) is 12.5. The number of nitrogens with zero attached hydrogens (tertiary/aromatic N) is 5. The fraction of sp³-hybridized carbons (Fsp3) is 0.261. The molecule has 5 aromatic rings. The summed E-state index contributed by atoms with van der Waals surface area (Å²) in [7, 11) is 0. The molecule has 0 bridgehead atoms. The molecule has 0 aliphatic carbocycles. The highest BCUT2D eigenvalue weighted by molar-refractivity contribution is 7.98. The zero-order valence-corrected chi connectivity index (χ0v) is 19.7. The lowest BCUT2D eigenvalue weighted by Crippen LogP contribution is -2.24. The van der Waals surface area contributed by atoms with Crippen LogP contribution in [0.1, 0.15) is 26.1 Å². The second-order valence-corrected chi connectivity index (χ2v) is 9.62. The third-order valence-corrected chi connectivity index (χ3v) is 6.64. The Kier molecular flexibility index (Phi) is 5.67. The van der Waals surface area contributed by atoms with Gasteiger partial charge in [-0.15, -0.1) is 10.2 Å². The maximum absolute atomic E-state index is 13.1. The molecule has 3 aromatic heterocycles. The molecule has 0 spiro atoms. The summed E-state index contributed by atoms with van der Waals surface area (Å²) in [4.78, 5) is 33.0. The van der Waals surface area contributed by atoms with Crippen LogP contribution < -0.4 is 11.1 Å². The quantitative estimate of drug-likeness (QED) is 0.364. The Bertz CT molecular complexity index is 1620. The van der Waals surface area contributed by atoms with Crippen molar-refractivity contribution in [1.82, 2.24) is 29.1 Å². The molecule has 2 aromatic carbocycles. The highest BCUT2D eigenvalue weighted by Crippen LogP contribution is 2.24. The van der Waals surface area contributed by atoms with Crippen LogP contribution in [0.25, 0.3) is 27.6 Å². The van der Waals surface area contributed by atoms with Gasteiger partial charge in [0.2, 0.25) is 5.78 Å². The van der Waals surface area contributed by atoms with E-state index in [1.807, 2.05) is 28.7 Å². The van der Waals surface area contributed by atoms with Gasteiger partial charge in [0.1, 0.15) is 5.82 Å². The molecule has 168 valence electrons. The van der Waals surface area contributed by atoms with E-state index in [2.05, 4.69) is 34.0 Å². The third kappa shape index (κ3) is 4.02. The molecule has 33 heavy (non-hydrogen) atoms. The van der Waals surface area contributed by atoms with Crippen molar-refractivity contribution in [3.05, 3.63) is 74.0 Å². The van der Waals surface area contributed by atoms with Crippen LogP contribution in [-0.4, -0.2) is 29.1 Å². The number of aromatic nitrogens is 6. The van der Waals surface area contributed by atoms with E-state index in [4.69, 9.17) is 11.6 Å². The van der Waals surface area contributed by atoms with E-state index < -0.39 is 0 Å². The van der Waals surface area contributed by atoms with Crippen LogP contribution in [0.15, 0.2) is 57.2 Å². The maximum Gasteiger partial charge on any atom is 0.262 e. The van der Waals surface area contributed by atoms with E-state index in [1.54, 1.807) is 22.8 Å². The van der Waals surface area contributed by atoms with Crippen LogP contribution in [0.4, 0.5) is 0 Å². The van der Waals surface area contributed by atoms with Crippen molar-refractivity contribution in [3.8, 4) is 0 Å². The number of nitrogens with one attached hydrogen (secondary N) is 1. The van der Waals surface area contributed by atoms with Crippen molar-refractivity contribution < 1.29 is 0 Å². The van der Waals surface area contributed by atoms with Crippen LogP contribution in [0.3, 0.4) is 0 Å². The Morgan fingerprint density at radius 1 is 1.09 bits per heavy atom. The summed E-state index contributed by atoms with van der Waals surface area (Å²) in [5, 5.41) is 10.9. The molecule has 0 atom stereocenters. The van der Waals surface area contributed by atoms with E-state index in [9.17, 15) is 9.59 Å². The normalized spacial score (nSPS) is 11.9. The molecule has 0 fully saturated rings.